The van der Waals surface area contributed by atoms with Crippen LogP contribution in [0.2, 0.25) is 0 Å². The largest absolute Gasteiger partial charge is 0.320 e. The molecule has 3 heteroatoms. The number of fused-ring (bicyclic) bond motifs is 1. The predicted molar refractivity (Wildman–Crippen MR) is 96.6 cm³/mol. The molecule has 0 spiro atoms. The van der Waals surface area contributed by atoms with Crippen LogP contribution in [0.15, 0.2) is 63.5 Å². The molecular formula is C18H15Br2N. The molecule has 0 aliphatic heterocycles. The summed E-state index contributed by atoms with van der Waals surface area (Å²) in [7, 11) is 0. The predicted octanol–water partition coefficient (Wildman–Crippen LogP) is 5.72. The maximum Gasteiger partial charge on any atom is 0.0561 e. The van der Waals surface area contributed by atoms with Gasteiger partial charge in [-0.2, -0.15) is 0 Å². The molecule has 0 saturated carbocycles. The van der Waals surface area contributed by atoms with Gasteiger partial charge in [-0.15, -0.1) is 0 Å². The second-order valence-electron chi connectivity index (χ2n) is 5.20. The second kappa shape index (κ2) is 5.91. The average molecular weight is 405 g/mol. The normalized spacial score (nSPS) is 12.6. The van der Waals surface area contributed by atoms with Crippen molar-refractivity contribution in [1.29, 1.82) is 0 Å². The highest BCUT2D eigenvalue weighted by atomic mass is 79.9. The van der Waals surface area contributed by atoms with Crippen LogP contribution in [0.1, 0.15) is 22.7 Å². The Kier molecular flexibility index (Phi) is 4.16. The molecule has 106 valence electrons. The summed E-state index contributed by atoms with van der Waals surface area (Å²) in [5, 5.41) is 2.45. The maximum absolute atomic E-state index is 6.58. The molecule has 1 atom stereocenters. The first-order chi connectivity index (χ1) is 10.1. The highest BCUT2D eigenvalue weighted by Gasteiger charge is 2.15. The third-order valence-electron chi connectivity index (χ3n) is 3.74. The molecule has 0 aliphatic carbocycles. The molecule has 0 amide bonds. The average Bonchev–Trinajstić information content (AvgIpc) is 2.45. The molecule has 3 aromatic rings. The van der Waals surface area contributed by atoms with Crippen molar-refractivity contribution in [3.63, 3.8) is 0 Å². The van der Waals surface area contributed by atoms with E-state index < -0.39 is 0 Å². The summed E-state index contributed by atoms with van der Waals surface area (Å²) in [4.78, 5) is 0. The monoisotopic (exact) mass is 403 g/mol. The fourth-order valence-electron chi connectivity index (χ4n) is 2.74. The van der Waals surface area contributed by atoms with E-state index in [1.807, 2.05) is 6.07 Å². The van der Waals surface area contributed by atoms with Gasteiger partial charge in [-0.25, -0.2) is 0 Å². The summed E-state index contributed by atoms with van der Waals surface area (Å²) in [6.45, 7) is 2.12. The molecule has 0 heterocycles. The van der Waals surface area contributed by atoms with Gasteiger partial charge in [0.15, 0.2) is 0 Å². The highest BCUT2D eigenvalue weighted by Crippen LogP contribution is 2.32. The van der Waals surface area contributed by atoms with E-state index in [2.05, 4.69) is 87.3 Å². The Labute approximate surface area is 141 Å². The molecule has 1 nitrogen and oxygen atoms in total. The van der Waals surface area contributed by atoms with E-state index in [1.54, 1.807) is 0 Å². The zero-order chi connectivity index (χ0) is 15.0. The van der Waals surface area contributed by atoms with E-state index in [1.165, 1.54) is 21.9 Å². The lowest BCUT2D eigenvalue weighted by Crippen LogP contribution is -2.14. The van der Waals surface area contributed by atoms with E-state index in [4.69, 9.17) is 5.73 Å². The van der Waals surface area contributed by atoms with Gasteiger partial charge in [-0.3, -0.25) is 0 Å². The molecule has 1 unspecified atom stereocenters. The second-order valence-corrected chi connectivity index (χ2v) is 7.03. The standard InChI is InChI=1S/C18H15Br2N/c1-11-6-7-12-4-2-3-5-16(12)17(11)18(21)13-8-14(19)10-15(20)9-13/h2-10,18H,21H2,1H3. The molecule has 0 saturated heterocycles. The quantitative estimate of drug-likeness (QED) is 0.580. The van der Waals surface area contributed by atoms with Crippen LogP contribution in [0.4, 0.5) is 0 Å². The number of halogens is 2. The summed E-state index contributed by atoms with van der Waals surface area (Å²) >= 11 is 7.07. The van der Waals surface area contributed by atoms with Gasteiger partial charge < -0.3 is 5.73 Å². The van der Waals surface area contributed by atoms with Crippen LogP contribution in [0.3, 0.4) is 0 Å². The van der Waals surface area contributed by atoms with Gasteiger partial charge in [-0.05, 0) is 52.6 Å². The number of hydrogen-bond donors (Lipinski definition) is 1. The van der Waals surface area contributed by atoms with Crippen molar-refractivity contribution >= 4 is 42.6 Å². The van der Waals surface area contributed by atoms with Gasteiger partial charge in [0.25, 0.3) is 0 Å². The molecule has 0 fully saturated rings. The fourth-order valence-corrected chi connectivity index (χ4v) is 4.07. The summed E-state index contributed by atoms with van der Waals surface area (Å²) in [6.07, 6.45) is 0. The molecule has 0 radical (unpaired) electrons. The molecule has 2 N–H and O–H groups in total. The SMILES string of the molecule is Cc1ccc2ccccc2c1C(N)c1cc(Br)cc(Br)c1. The van der Waals surface area contributed by atoms with Gasteiger partial charge in [0.1, 0.15) is 0 Å². The van der Waals surface area contributed by atoms with Crippen molar-refractivity contribution < 1.29 is 0 Å². The molecule has 21 heavy (non-hydrogen) atoms. The van der Waals surface area contributed by atoms with Gasteiger partial charge >= 0.3 is 0 Å². The number of aryl methyl sites for hydroxylation is 1. The number of hydrogen-bond acceptors (Lipinski definition) is 1. The Hall–Kier alpha value is -1.16. The molecular weight excluding hydrogens is 390 g/mol. The van der Waals surface area contributed by atoms with Crippen LogP contribution in [-0.4, -0.2) is 0 Å². The number of benzene rings is 3. The number of rotatable bonds is 2. The Morgan fingerprint density at radius 3 is 2.29 bits per heavy atom. The van der Waals surface area contributed by atoms with Crippen molar-refractivity contribution in [2.45, 2.75) is 13.0 Å². The maximum atomic E-state index is 6.58. The van der Waals surface area contributed by atoms with Crippen molar-refractivity contribution in [1.82, 2.24) is 0 Å². The minimum absolute atomic E-state index is 0.148. The lowest BCUT2D eigenvalue weighted by Gasteiger charge is -2.19. The van der Waals surface area contributed by atoms with Crippen LogP contribution in [0.25, 0.3) is 10.8 Å². The van der Waals surface area contributed by atoms with Crippen molar-refractivity contribution in [2.75, 3.05) is 0 Å². The smallest absolute Gasteiger partial charge is 0.0561 e. The molecule has 3 aromatic carbocycles. The Bertz CT molecular complexity index is 791. The van der Waals surface area contributed by atoms with Crippen LogP contribution >= 0.6 is 31.9 Å². The van der Waals surface area contributed by atoms with Crippen LogP contribution in [-0.2, 0) is 0 Å². The fraction of sp³-hybridized carbons (Fsp3) is 0.111. The summed E-state index contributed by atoms with van der Waals surface area (Å²) in [5.74, 6) is 0. The van der Waals surface area contributed by atoms with E-state index >= 15 is 0 Å². The summed E-state index contributed by atoms with van der Waals surface area (Å²) in [6, 6.07) is 18.7. The third-order valence-corrected chi connectivity index (χ3v) is 4.66. The van der Waals surface area contributed by atoms with Crippen LogP contribution in [0, 0.1) is 6.92 Å². The van der Waals surface area contributed by atoms with E-state index in [9.17, 15) is 0 Å². The van der Waals surface area contributed by atoms with Gasteiger partial charge in [-0.1, -0.05) is 68.3 Å². The van der Waals surface area contributed by atoms with Crippen molar-refractivity contribution in [3.8, 4) is 0 Å². The van der Waals surface area contributed by atoms with Crippen LogP contribution in [0.5, 0.6) is 0 Å². The van der Waals surface area contributed by atoms with Gasteiger partial charge in [0.2, 0.25) is 0 Å². The molecule has 0 aromatic heterocycles. The molecule has 0 bridgehead atoms. The topological polar surface area (TPSA) is 26.0 Å². The van der Waals surface area contributed by atoms with Gasteiger partial charge in [0.05, 0.1) is 6.04 Å². The lowest BCUT2D eigenvalue weighted by molar-refractivity contribution is 0.869. The Morgan fingerprint density at radius 2 is 1.57 bits per heavy atom. The van der Waals surface area contributed by atoms with Crippen LogP contribution < -0.4 is 5.73 Å². The summed E-state index contributed by atoms with van der Waals surface area (Å²) < 4.78 is 2.06. The lowest BCUT2D eigenvalue weighted by atomic mass is 9.91. The molecule has 0 aliphatic rings. The number of nitrogens with two attached hydrogens (primary N) is 1. The zero-order valence-electron chi connectivity index (χ0n) is 11.6. The zero-order valence-corrected chi connectivity index (χ0v) is 14.8. The van der Waals surface area contributed by atoms with E-state index in [-0.39, 0.29) is 6.04 Å². The Balaban J connectivity index is 2.21. The Morgan fingerprint density at radius 1 is 0.905 bits per heavy atom. The first-order valence-electron chi connectivity index (χ1n) is 6.76. The third kappa shape index (κ3) is 2.91. The first kappa shape index (κ1) is 14.8. The van der Waals surface area contributed by atoms with Gasteiger partial charge in [0, 0.05) is 8.95 Å². The minimum Gasteiger partial charge on any atom is -0.320 e. The highest BCUT2D eigenvalue weighted by molar-refractivity contribution is 9.11. The van der Waals surface area contributed by atoms with E-state index in [0.717, 1.165) is 14.5 Å². The van der Waals surface area contributed by atoms with E-state index in [0.29, 0.717) is 0 Å². The molecule has 3 rings (SSSR count). The summed E-state index contributed by atoms with van der Waals surface area (Å²) in [5.41, 5.74) is 10.1. The van der Waals surface area contributed by atoms with Crippen molar-refractivity contribution in [2.24, 2.45) is 5.73 Å². The minimum atomic E-state index is -0.148. The van der Waals surface area contributed by atoms with Crippen molar-refractivity contribution in [3.05, 3.63) is 80.2 Å². The first-order valence-corrected chi connectivity index (χ1v) is 8.34.